The number of rotatable bonds is 5. The Hall–Kier alpha value is -2.78. The topological polar surface area (TPSA) is 75.6 Å². The maximum atomic E-state index is 12.3. The molecule has 0 radical (unpaired) electrons. The van der Waals surface area contributed by atoms with Gasteiger partial charge in [-0.15, -0.1) is 5.92 Å². The molecule has 0 saturated heterocycles. The molecule has 0 aliphatic heterocycles. The van der Waals surface area contributed by atoms with E-state index in [0.717, 1.165) is 0 Å². The molecule has 0 heterocycles. The number of carbonyl (C=O) groups excluding carboxylic acids is 1. The number of carboxylic acid groups (broad SMARTS) is 1. The highest BCUT2D eigenvalue weighted by Crippen LogP contribution is 2.22. The second-order valence-corrected chi connectivity index (χ2v) is 5.60. The van der Waals surface area contributed by atoms with E-state index in [0.29, 0.717) is 15.8 Å². The summed E-state index contributed by atoms with van der Waals surface area (Å²) in [7, 11) is 0. The van der Waals surface area contributed by atoms with Crippen molar-refractivity contribution in [1.29, 1.82) is 0 Å². The molecule has 1 amide bonds. The molecule has 24 heavy (non-hydrogen) atoms. The van der Waals surface area contributed by atoms with Gasteiger partial charge in [-0.05, 0) is 49.4 Å². The van der Waals surface area contributed by atoms with Crippen LogP contribution in [0, 0.1) is 11.8 Å². The third kappa shape index (κ3) is 4.61. The van der Waals surface area contributed by atoms with Gasteiger partial charge in [-0.2, -0.15) is 0 Å². The van der Waals surface area contributed by atoms with Crippen molar-refractivity contribution in [3.63, 3.8) is 0 Å². The van der Waals surface area contributed by atoms with Crippen LogP contribution in [-0.2, 0) is 0 Å². The smallest absolute Gasteiger partial charge is 0.337 e. The monoisotopic (exact) mass is 387 g/mol. The van der Waals surface area contributed by atoms with Crippen molar-refractivity contribution in [2.75, 3.05) is 11.9 Å². The van der Waals surface area contributed by atoms with Crippen LogP contribution in [0.25, 0.3) is 0 Å². The fourth-order valence-electron chi connectivity index (χ4n) is 1.89. The predicted octanol–water partition coefficient (Wildman–Crippen LogP) is 3.80. The standard InChI is InChI=1S/C18H14BrNO4/c1-2-3-10-24-14-7-4-12(5-8-14)17(21)20-16-9-6-13(19)11-15(16)18(22)23/h4-9,11H,10H2,1H3,(H,20,21)(H,22,23). The second-order valence-electron chi connectivity index (χ2n) is 4.69. The summed E-state index contributed by atoms with van der Waals surface area (Å²) in [4.78, 5) is 23.5. The highest BCUT2D eigenvalue weighted by atomic mass is 79.9. The zero-order valence-electron chi connectivity index (χ0n) is 12.8. The van der Waals surface area contributed by atoms with Crippen molar-refractivity contribution in [2.24, 2.45) is 0 Å². The van der Waals surface area contributed by atoms with Crippen molar-refractivity contribution in [2.45, 2.75) is 6.92 Å². The summed E-state index contributed by atoms with van der Waals surface area (Å²) in [6, 6.07) is 11.1. The second kappa shape index (κ2) is 8.18. The first-order valence-electron chi connectivity index (χ1n) is 6.98. The lowest BCUT2D eigenvalue weighted by atomic mass is 10.1. The van der Waals surface area contributed by atoms with E-state index in [1.807, 2.05) is 0 Å². The van der Waals surface area contributed by atoms with E-state index >= 15 is 0 Å². The summed E-state index contributed by atoms with van der Waals surface area (Å²) in [5.41, 5.74) is 0.633. The Morgan fingerprint density at radius 3 is 2.54 bits per heavy atom. The highest BCUT2D eigenvalue weighted by molar-refractivity contribution is 9.10. The Bertz CT molecular complexity index is 819. The average Bonchev–Trinajstić information content (AvgIpc) is 2.57. The van der Waals surface area contributed by atoms with Gasteiger partial charge in [0.25, 0.3) is 5.91 Å². The summed E-state index contributed by atoms with van der Waals surface area (Å²) < 4.78 is 5.99. The van der Waals surface area contributed by atoms with Gasteiger partial charge in [0.15, 0.2) is 0 Å². The molecule has 2 N–H and O–H groups in total. The number of hydrogen-bond donors (Lipinski definition) is 2. The minimum absolute atomic E-state index is 0.0100. The van der Waals surface area contributed by atoms with Crippen LogP contribution >= 0.6 is 15.9 Å². The fraction of sp³-hybridized carbons (Fsp3) is 0.111. The third-order valence-electron chi connectivity index (χ3n) is 3.06. The van der Waals surface area contributed by atoms with Crippen LogP contribution < -0.4 is 10.1 Å². The molecule has 2 aromatic rings. The van der Waals surface area contributed by atoms with Crippen molar-refractivity contribution in [3.05, 3.63) is 58.1 Å². The summed E-state index contributed by atoms with van der Waals surface area (Å²) in [6.07, 6.45) is 0. The predicted molar refractivity (Wildman–Crippen MR) is 94.4 cm³/mol. The Morgan fingerprint density at radius 1 is 1.21 bits per heavy atom. The SMILES string of the molecule is CC#CCOc1ccc(C(=O)Nc2ccc(Br)cc2C(=O)O)cc1. The molecule has 0 bridgehead atoms. The van der Waals surface area contributed by atoms with E-state index in [1.54, 1.807) is 37.3 Å². The van der Waals surface area contributed by atoms with E-state index in [4.69, 9.17) is 4.74 Å². The molecule has 0 atom stereocenters. The normalized spacial score (nSPS) is 9.58. The van der Waals surface area contributed by atoms with Gasteiger partial charge in [0.05, 0.1) is 11.3 Å². The Morgan fingerprint density at radius 2 is 1.92 bits per heavy atom. The van der Waals surface area contributed by atoms with Gasteiger partial charge in [0, 0.05) is 10.0 Å². The van der Waals surface area contributed by atoms with Gasteiger partial charge in [-0.3, -0.25) is 4.79 Å². The van der Waals surface area contributed by atoms with Crippen LogP contribution in [0.5, 0.6) is 5.75 Å². The largest absolute Gasteiger partial charge is 0.481 e. The van der Waals surface area contributed by atoms with Gasteiger partial charge in [0.2, 0.25) is 0 Å². The lowest BCUT2D eigenvalue weighted by Gasteiger charge is -2.09. The zero-order chi connectivity index (χ0) is 17.5. The van der Waals surface area contributed by atoms with E-state index < -0.39 is 11.9 Å². The third-order valence-corrected chi connectivity index (χ3v) is 3.56. The lowest BCUT2D eigenvalue weighted by Crippen LogP contribution is -2.14. The molecule has 2 aromatic carbocycles. The van der Waals surface area contributed by atoms with Gasteiger partial charge >= 0.3 is 5.97 Å². The van der Waals surface area contributed by atoms with Crippen molar-refractivity contribution in [3.8, 4) is 17.6 Å². The number of anilines is 1. The molecule has 2 rings (SSSR count). The molecular weight excluding hydrogens is 374 g/mol. The summed E-state index contributed by atoms with van der Waals surface area (Å²) in [6.45, 7) is 2.01. The van der Waals surface area contributed by atoms with Gasteiger partial charge < -0.3 is 15.2 Å². The molecular formula is C18H14BrNO4. The van der Waals surface area contributed by atoms with E-state index in [1.165, 1.54) is 12.1 Å². The number of carbonyl (C=O) groups is 2. The maximum Gasteiger partial charge on any atom is 0.337 e. The minimum Gasteiger partial charge on any atom is -0.481 e. The molecule has 0 saturated carbocycles. The Labute approximate surface area is 147 Å². The lowest BCUT2D eigenvalue weighted by molar-refractivity contribution is 0.0698. The number of carboxylic acids is 1. The number of benzene rings is 2. The van der Waals surface area contributed by atoms with Crippen LogP contribution in [0.15, 0.2) is 46.9 Å². The van der Waals surface area contributed by atoms with Crippen LogP contribution in [0.2, 0.25) is 0 Å². The van der Waals surface area contributed by atoms with Gasteiger partial charge in [-0.1, -0.05) is 21.9 Å². The van der Waals surface area contributed by atoms with E-state index in [9.17, 15) is 14.7 Å². The molecule has 0 aliphatic rings. The van der Waals surface area contributed by atoms with Gasteiger partial charge in [0.1, 0.15) is 12.4 Å². The molecule has 0 fully saturated rings. The molecule has 0 unspecified atom stereocenters. The van der Waals surface area contributed by atoms with Crippen LogP contribution in [0.3, 0.4) is 0 Å². The van der Waals surface area contributed by atoms with Crippen molar-refractivity contribution in [1.82, 2.24) is 0 Å². The van der Waals surface area contributed by atoms with Crippen LogP contribution in [-0.4, -0.2) is 23.6 Å². The van der Waals surface area contributed by atoms with E-state index in [2.05, 4.69) is 33.1 Å². The Balaban J connectivity index is 2.12. The van der Waals surface area contributed by atoms with Gasteiger partial charge in [-0.25, -0.2) is 4.79 Å². The minimum atomic E-state index is -1.12. The molecule has 0 aliphatic carbocycles. The molecule has 0 aromatic heterocycles. The Kier molecular flexibility index (Phi) is 5.99. The molecule has 122 valence electrons. The molecule has 0 spiro atoms. The number of halogens is 1. The summed E-state index contributed by atoms with van der Waals surface area (Å²) in [5, 5.41) is 11.8. The number of nitrogens with one attached hydrogen (secondary N) is 1. The first kappa shape index (κ1) is 17.6. The molecule has 5 nitrogen and oxygen atoms in total. The first-order chi connectivity index (χ1) is 11.5. The quantitative estimate of drug-likeness (QED) is 0.764. The van der Waals surface area contributed by atoms with Crippen molar-refractivity contribution >= 4 is 33.5 Å². The number of amides is 1. The summed E-state index contributed by atoms with van der Waals surface area (Å²) in [5.74, 6) is 4.58. The average molecular weight is 388 g/mol. The summed E-state index contributed by atoms with van der Waals surface area (Å²) >= 11 is 3.21. The number of hydrogen-bond acceptors (Lipinski definition) is 3. The molecule has 6 heteroatoms. The van der Waals surface area contributed by atoms with Crippen molar-refractivity contribution < 1.29 is 19.4 Å². The maximum absolute atomic E-state index is 12.3. The number of aromatic carboxylic acids is 1. The van der Waals surface area contributed by atoms with Crippen LogP contribution in [0.4, 0.5) is 5.69 Å². The van der Waals surface area contributed by atoms with Crippen LogP contribution in [0.1, 0.15) is 27.6 Å². The highest BCUT2D eigenvalue weighted by Gasteiger charge is 2.14. The van der Waals surface area contributed by atoms with E-state index in [-0.39, 0.29) is 17.9 Å². The zero-order valence-corrected chi connectivity index (χ0v) is 14.4. The first-order valence-corrected chi connectivity index (χ1v) is 7.77. The fourth-order valence-corrected chi connectivity index (χ4v) is 2.25. The number of ether oxygens (including phenoxy) is 1.